The lowest BCUT2D eigenvalue weighted by Gasteiger charge is -2.23. The number of allylic oxidation sites excluding steroid dienone is 3. The molecule has 1 fully saturated rings. The zero-order chi connectivity index (χ0) is 27.1. The van der Waals surface area contributed by atoms with Gasteiger partial charge in [-0.15, -0.1) is 6.58 Å². The highest BCUT2D eigenvalue weighted by molar-refractivity contribution is 5.69. The molecule has 1 rings (SSSR count). The van der Waals surface area contributed by atoms with E-state index in [1.165, 1.54) is 51.4 Å². The number of carbonyl (C=O) groups is 1. The molecule has 0 saturated heterocycles. The van der Waals surface area contributed by atoms with Crippen LogP contribution in [0.25, 0.3) is 0 Å². The molecule has 0 radical (unpaired) electrons. The molecule has 216 valence electrons. The van der Waals surface area contributed by atoms with Crippen LogP contribution in [0.1, 0.15) is 135 Å². The van der Waals surface area contributed by atoms with E-state index in [0.717, 1.165) is 57.8 Å². The van der Waals surface area contributed by atoms with E-state index >= 15 is 0 Å². The van der Waals surface area contributed by atoms with Crippen molar-refractivity contribution in [2.24, 2.45) is 11.8 Å². The van der Waals surface area contributed by atoms with Crippen molar-refractivity contribution in [2.45, 2.75) is 154 Å². The van der Waals surface area contributed by atoms with Crippen molar-refractivity contribution in [1.29, 1.82) is 0 Å². The van der Waals surface area contributed by atoms with E-state index in [2.05, 4.69) is 25.7 Å². The summed E-state index contributed by atoms with van der Waals surface area (Å²) in [5.74, 6) is -0.0378. The van der Waals surface area contributed by atoms with Gasteiger partial charge in [-0.1, -0.05) is 82.9 Å². The van der Waals surface area contributed by atoms with Crippen LogP contribution in [0.2, 0.25) is 0 Å². The molecule has 1 saturated carbocycles. The van der Waals surface area contributed by atoms with Gasteiger partial charge in [0.1, 0.15) is 0 Å². The van der Waals surface area contributed by atoms with E-state index in [4.69, 9.17) is 4.74 Å². The maximum Gasteiger partial charge on any atom is 0.305 e. The summed E-state index contributed by atoms with van der Waals surface area (Å²) in [7, 11) is 0. The number of aliphatic hydroxyl groups is 3. The Kier molecular flexibility index (Phi) is 20.8. The molecule has 0 aromatic heterocycles. The maximum atomic E-state index is 11.9. The molecule has 37 heavy (non-hydrogen) atoms. The van der Waals surface area contributed by atoms with Crippen LogP contribution in [0, 0.1) is 11.8 Å². The Morgan fingerprint density at radius 3 is 2.30 bits per heavy atom. The first-order valence-corrected chi connectivity index (χ1v) is 15.4. The zero-order valence-electron chi connectivity index (χ0n) is 23.8. The predicted octanol–water partition coefficient (Wildman–Crippen LogP) is 7.42. The maximum absolute atomic E-state index is 11.9. The van der Waals surface area contributed by atoms with Gasteiger partial charge in [0.25, 0.3) is 0 Å². The molecule has 0 unspecified atom stereocenters. The lowest BCUT2D eigenvalue weighted by atomic mass is 9.85. The summed E-state index contributed by atoms with van der Waals surface area (Å²) >= 11 is 0. The molecule has 1 aliphatic carbocycles. The molecule has 5 heteroatoms. The van der Waals surface area contributed by atoms with Crippen molar-refractivity contribution in [3.8, 4) is 0 Å². The van der Waals surface area contributed by atoms with E-state index in [0.29, 0.717) is 25.9 Å². The number of unbranched alkanes of at least 4 members (excludes halogenated alkanes) is 11. The molecule has 5 nitrogen and oxygen atoms in total. The van der Waals surface area contributed by atoms with Crippen LogP contribution in [0.5, 0.6) is 0 Å². The van der Waals surface area contributed by atoms with Crippen molar-refractivity contribution >= 4 is 5.97 Å². The highest BCUT2D eigenvalue weighted by Crippen LogP contribution is 2.38. The van der Waals surface area contributed by atoms with Crippen LogP contribution in [0.3, 0.4) is 0 Å². The van der Waals surface area contributed by atoms with Gasteiger partial charge in [-0.3, -0.25) is 4.79 Å². The first kappa shape index (κ1) is 33.9. The fourth-order valence-electron chi connectivity index (χ4n) is 5.51. The minimum atomic E-state index is -0.489. The van der Waals surface area contributed by atoms with Gasteiger partial charge >= 0.3 is 5.97 Å². The van der Waals surface area contributed by atoms with Gasteiger partial charge in [-0.05, 0) is 76.0 Å². The number of hydrogen-bond acceptors (Lipinski definition) is 5. The third-order valence-corrected chi connectivity index (χ3v) is 7.89. The SMILES string of the molecule is C=CCCCCCCCCOC(=O)CCC/C=C\C[C@@H]1[C@@H](CC[C@@H](O)CCCCCCC)[C@H](O)C[C@@H]1O. The molecule has 3 N–H and O–H groups in total. The van der Waals surface area contributed by atoms with Crippen LogP contribution >= 0.6 is 0 Å². The van der Waals surface area contributed by atoms with Crippen LogP contribution < -0.4 is 0 Å². The fourth-order valence-corrected chi connectivity index (χ4v) is 5.51. The van der Waals surface area contributed by atoms with Crippen LogP contribution in [0.15, 0.2) is 24.8 Å². The van der Waals surface area contributed by atoms with Crippen LogP contribution in [0.4, 0.5) is 0 Å². The average molecular weight is 523 g/mol. The van der Waals surface area contributed by atoms with Gasteiger partial charge in [-0.2, -0.15) is 0 Å². The Labute approximate surface area is 227 Å². The van der Waals surface area contributed by atoms with Crippen LogP contribution in [-0.4, -0.2) is 46.2 Å². The van der Waals surface area contributed by atoms with Crippen molar-refractivity contribution in [1.82, 2.24) is 0 Å². The van der Waals surface area contributed by atoms with Gasteiger partial charge < -0.3 is 20.1 Å². The smallest absolute Gasteiger partial charge is 0.305 e. The van der Waals surface area contributed by atoms with E-state index in [1.54, 1.807) is 0 Å². The number of ether oxygens (including phenoxy) is 1. The molecule has 0 aromatic carbocycles. The number of aliphatic hydroxyl groups excluding tert-OH is 3. The fraction of sp³-hybridized carbons (Fsp3) is 0.844. The van der Waals surface area contributed by atoms with Crippen molar-refractivity contribution in [3.05, 3.63) is 24.8 Å². The Bertz CT molecular complexity index is 590. The summed E-state index contributed by atoms with van der Waals surface area (Å²) in [6.07, 6.45) is 24.4. The monoisotopic (exact) mass is 522 g/mol. The first-order valence-electron chi connectivity index (χ1n) is 15.4. The lowest BCUT2D eigenvalue weighted by Crippen LogP contribution is -2.23. The van der Waals surface area contributed by atoms with Gasteiger partial charge in [0, 0.05) is 6.42 Å². The highest BCUT2D eigenvalue weighted by Gasteiger charge is 2.40. The third kappa shape index (κ3) is 17.1. The molecule has 0 bridgehead atoms. The predicted molar refractivity (Wildman–Crippen MR) is 153 cm³/mol. The van der Waals surface area contributed by atoms with Crippen LogP contribution in [-0.2, 0) is 9.53 Å². The minimum absolute atomic E-state index is 0.0370. The molecular formula is C32H58O5. The molecule has 0 aliphatic heterocycles. The van der Waals surface area contributed by atoms with Gasteiger partial charge in [0.2, 0.25) is 0 Å². The normalized spacial score (nSPS) is 22.5. The van der Waals surface area contributed by atoms with E-state index in [9.17, 15) is 20.1 Å². The van der Waals surface area contributed by atoms with Gasteiger partial charge in [0.05, 0.1) is 24.9 Å². The zero-order valence-corrected chi connectivity index (χ0v) is 23.8. The topological polar surface area (TPSA) is 87.0 Å². The van der Waals surface area contributed by atoms with E-state index in [-0.39, 0.29) is 23.9 Å². The summed E-state index contributed by atoms with van der Waals surface area (Å²) in [5, 5.41) is 31.3. The molecule has 1 aliphatic rings. The molecule has 0 heterocycles. The van der Waals surface area contributed by atoms with Crippen molar-refractivity contribution in [3.63, 3.8) is 0 Å². The molecular weight excluding hydrogens is 464 g/mol. The summed E-state index contributed by atoms with van der Waals surface area (Å²) < 4.78 is 5.35. The summed E-state index contributed by atoms with van der Waals surface area (Å²) in [4.78, 5) is 11.9. The first-order chi connectivity index (χ1) is 18.0. The Balaban J connectivity index is 2.13. The Morgan fingerprint density at radius 1 is 0.865 bits per heavy atom. The largest absolute Gasteiger partial charge is 0.466 e. The lowest BCUT2D eigenvalue weighted by molar-refractivity contribution is -0.143. The van der Waals surface area contributed by atoms with Gasteiger partial charge in [-0.25, -0.2) is 0 Å². The Morgan fingerprint density at radius 2 is 1.54 bits per heavy atom. The molecule has 0 spiro atoms. The minimum Gasteiger partial charge on any atom is -0.466 e. The standard InChI is InChI=1S/C32H58O5/c1-3-5-7-9-10-11-15-19-25-37-32(36)22-18-14-13-17-21-28-29(31(35)26-30(28)34)24-23-27(33)20-16-12-8-6-4-2/h3,13,17,27-31,33-35H,1,4-12,14-16,18-26H2,2H3/b17-13-/t27-,28+,29+,30-,31+/m0/s1. The third-order valence-electron chi connectivity index (χ3n) is 7.89. The van der Waals surface area contributed by atoms with Crippen molar-refractivity contribution in [2.75, 3.05) is 6.61 Å². The highest BCUT2D eigenvalue weighted by atomic mass is 16.5. The van der Waals surface area contributed by atoms with E-state index < -0.39 is 12.2 Å². The second-order valence-corrected chi connectivity index (χ2v) is 11.2. The number of carbonyl (C=O) groups excluding carboxylic acids is 1. The van der Waals surface area contributed by atoms with E-state index in [1.807, 2.05) is 6.08 Å². The number of esters is 1. The number of hydrogen-bond donors (Lipinski definition) is 3. The van der Waals surface area contributed by atoms with Crippen molar-refractivity contribution < 1.29 is 24.9 Å². The second kappa shape index (κ2) is 22.8. The quantitative estimate of drug-likeness (QED) is 0.0697. The Hall–Kier alpha value is -1.17. The summed E-state index contributed by atoms with van der Waals surface area (Å²) in [5.41, 5.74) is 0. The summed E-state index contributed by atoms with van der Waals surface area (Å²) in [6.45, 7) is 6.47. The number of rotatable bonds is 24. The van der Waals surface area contributed by atoms with Gasteiger partial charge in [0.15, 0.2) is 0 Å². The second-order valence-electron chi connectivity index (χ2n) is 11.2. The summed E-state index contributed by atoms with van der Waals surface area (Å²) in [6, 6.07) is 0. The molecule has 0 amide bonds. The average Bonchev–Trinajstić information content (AvgIpc) is 3.15. The molecule has 5 atom stereocenters. The molecule has 0 aromatic rings.